The first-order chi connectivity index (χ1) is 8.60. The first-order valence-corrected chi connectivity index (χ1v) is 6.67. The SMILES string of the molecule is OCc1ccc(Br)cc1Oc1ccc(Cl)cc1Cl. The summed E-state index contributed by atoms with van der Waals surface area (Å²) in [5.74, 6) is 1.05. The minimum absolute atomic E-state index is 0.103. The molecular weight excluding hydrogens is 339 g/mol. The molecule has 0 spiro atoms. The second kappa shape index (κ2) is 5.93. The van der Waals surface area contributed by atoms with E-state index in [4.69, 9.17) is 27.9 Å². The summed E-state index contributed by atoms with van der Waals surface area (Å²) in [5, 5.41) is 10.2. The molecule has 0 aliphatic heterocycles. The lowest BCUT2D eigenvalue weighted by Crippen LogP contribution is -1.92. The Hall–Kier alpha value is -0.740. The maximum atomic E-state index is 9.25. The smallest absolute Gasteiger partial charge is 0.146 e. The van der Waals surface area contributed by atoms with Gasteiger partial charge >= 0.3 is 0 Å². The second-order valence-corrected chi connectivity index (χ2v) is 5.35. The van der Waals surface area contributed by atoms with Crippen LogP contribution in [-0.4, -0.2) is 5.11 Å². The monoisotopic (exact) mass is 346 g/mol. The molecule has 0 atom stereocenters. The van der Waals surface area contributed by atoms with E-state index in [1.807, 2.05) is 6.07 Å². The average molecular weight is 348 g/mol. The molecule has 2 rings (SSSR count). The summed E-state index contributed by atoms with van der Waals surface area (Å²) in [4.78, 5) is 0. The van der Waals surface area contributed by atoms with Gasteiger partial charge in [0.1, 0.15) is 11.5 Å². The molecule has 5 heteroatoms. The van der Waals surface area contributed by atoms with E-state index in [-0.39, 0.29) is 6.61 Å². The van der Waals surface area contributed by atoms with Crippen molar-refractivity contribution in [3.63, 3.8) is 0 Å². The number of ether oxygens (including phenoxy) is 1. The van der Waals surface area contributed by atoms with E-state index in [2.05, 4.69) is 15.9 Å². The van der Waals surface area contributed by atoms with Crippen LogP contribution in [0.1, 0.15) is 5.56 Å². The first-order valence-electron chi connectivity index (χ1n) is 5.12. The zero-order valence-electron chi connectivity index (χ0n) is 9.16. The van der Waals surface area contributed by atoms with Gasteiger partial charge in [-0.2, -0.15) is 0 Å². The van der Waals surface area contributed by atoms with Crippen LogP contribution in [0, 0.1) is 0 Å². The molecule has 0 saturated carbocycles. The van der Waals surface area contributed by atoms with Crippen LogP contribution in [0.5, 0.6) is 11.5 Å². The van der Waals surface area contributed by atoms with Crippen molar-refractivity contribution in [2.75, 3.05) is 0 Å². The second-order valence-electron chi connectivity index (χ2n) is 3.59. The third-order valence-corrected chi connectivity index (χ3v) is 3.34. The molecule has 0 radical (unpaired) electrons. The Bertz CT molecular complexity index is 573. The summed E-state index contributed by atoms with van der Waals surface area (Å²) < 4.78 is 6.55. The Balaban J connectivity index is 2.36. The molecular formula is C13H9BrCl2O2. The van der Waals surface area contributed by atoms with Crippen molar-refractivity contribution in [2.24, 2.45) is 0 Å². The van der Waals surface area contributed by atoms with Gasteiger partial charge in [-0.3, -0.25) is 0 Å². The Kier molecular flexibility index (Phi) is 4.51. The number of aliphatic hydroxyl groups is 1. The van der Waals surface area contributed by atoms with E-state index in [9.17, 15) is 5.11 Å². The molecule has 18 heavy (non-hydrogen) atoms. The number of aliphatic hydroxyl groups excluding tert-OH is 1. The van der Waals surface area contributed by atoms with Crippen LogP contribution < -0.4 is 4.74 Å². The van der Waals surface area contributed by atoms with Crippen LogP contribution in [-0.2, 0) is 6.61 Å². The number of hydrogen-bond acceptors (Lipinski definition) is 2. The number of benzene rings is 2. The fourth-order valence-corrected chi connectivity index (χ4v) is 2.22. The van der Waals surface area contributed by atoms with Gasteiger partial charge in [0.05, 0.1) is 11.6 Å². The van der Waals surface area contributed by atoms with Crippen LogP contribution in [0.25, 0.3) is 0 Å². The van der Waals surface area contributed by atoms with Crippen LogP contribution >= 0.6 is 39.1 Å². The first kappa shape index (κ1) is 13.7. The maximum absolute atomic E-state index is 9.25. The predicted octanol–water partition coefficient (Wildman–Crippen LogP) is 5.04. The molecule has 0 bridgehead atoms. The maximum Gasteiger partial charge on any atom is 0.146 e. The van der Waals surface area contributed by atoms with Gasteiger partial charge < -0.3 is 9.84 Å². The molecule has 0 amide bonds. The lowest BCUT2D eigenvalue weighted by Gasteiger charge is -2.11. The quantitative estimate of drug-likeness (QED) is 0.842. The van der Waals surface area contributed by atoms with Gasteiger partial charge in [-0.05, 0) is 30.3 Å². The van der Waals surface area contributed by atoms with Crippen LogP contribution in [0.3, 0.4) is 0 Å². The summed E-state index contributed by atoms with van der Waals surface area (Å²) in [6, 6.07) is 10.4. The van der Waals surface area contributed by atoms with Crippen molar-refractivity contribution < 1.29 is 9.84 Å². The van der Waals surface area contributed by atoms with Crippen molar-refractivity contribution in [1.29, 1.82) is 0 Å². The van der Waals surface area contributed by atoms with Crippen LogP contribution in [0.4, 0.5) is 0 Å². The van der Waals surface area contributed by atoms with Gasteiger partial charge in [-0.15, -0.1) is 0 Å². The van der Waals surface area contributed by atoms with Gasteiger partial charge in [0.25, 0.3) is 0 Å². The highest BCUT2D eigenvalue weighted by molar-refractivity contribution is 9.10. The largest absolute Gasteiger partial charge is 0.455 e. The molecule has 0 fully saturated rings. The van der Waals surface area contributed by atoms with E-state index in [0.29, 0.717) is 27.1 Å². The van der Waals surface area contributed by atoms with Crippen molar-refractivity contribution in [2.45, 2.75) is 6.61 Å². The van der Waals surface area contributed by atoms with Gasteiger partial charge in [-0.1, -0.05) is 45.2 Å². The van der Waals surface area contributed by atoms with Crippen LogP contribution in [0.2, 0.25) is 10.0 Å². The Morgan fingerprint density at radius 1 is 1.06 bits per heavy atom. The molecule has 94 valence electrons. The third kappa shape index (κ3) is 3.18. The Morgan fingerprint density at radius 2 is 1.83 bits per heavy atom. The van der Waals surface area contributed by atoms with Gasteiger partial charge in [0.15, 0.2) is 0 Å². The highest BCUT2D eigenvalue weighted by atomic mass is 79.9. The predicted molar refractivity (Wildman–Crippen MR) is 76.6 cm³/mol. The average Bonchev–Trinajstić information content (AvgIpc) is 2.33. The summed E-state index contributed by atoms with van der Waals surface area (Å²) in [6.45, 7) is -0.103. The number of hydrogen-bond donors (Lipinski definition) is 1. The molecule has 0 saturated heterocycles. The van der Waals surface area contributed by atoms with Crippen molar-refractivity contribution >= 4 is 39.1 Å². The normalized spacial score (nSPS) is 10.4. The lowest BCUT2D eigenvalue weighted by atomic mass is 10.2. The summed E-state index contributed by atoms with van der Waals surface area (Å²) in [6.07, 6.45) is 0. The van der Waals surface area contributed by atoms with Gasteiger partial charge in [0.2, 0.25) is 0 Å². The highest BCUT2D eigenvalue weighted by Gasteiger charge is 2.08. The minimum atomic E-state index is -0.103. The fourth-order valence-electron chi connectivity index (χ4n) is 1.43. The van der Waals surface area contributed by atoms with E-state index in [1.165, 1.54) is 0 Å². The topological polar surface area (TPSA) is 29.5 Å². The lowest BCUT2D eigenvalue weighted by molar-refractivity contribution is 0.276. The molecule has 1 N–H and O–H groups in total. The minimum Gasteiger partial charge on any atom is -0.455 e. The Labute approximate surface area is 123 Å². The fraction of sp³-hybridized carbons (Fsp3) is 0.0769. The molecule has 2 aromatic carbocycles. The van der Waals surface area contributed by atoms with Gasteiger partial charge in [0, 0.05) is 15.1 Å². The van der Waals surface area contributed by atoms with Gasteiger partial charge in [-0.25, -0.2) is 0 Å². The number of rotatable bonds is 3. The molecule has 0 aliphatic rings. The van der Waals surface area contributed by atoms with Crippen molar-refractivity contribution in [3.8, 4) is 11.5 Å². The third-order valence-electron chi connectivity index (χ3n) is 2.31. The summed E-state index contributed by atoms with van der Waals surface area (Å²) in [7, 11) is 0. The van der Waals surface area contributed by atoms with E-state index >= 15 is 0 Å². The molecule has 0 aliphatic carbocycles. The van der Waals surface area contributed by atoms with Crippen molar-refractivity contribution in [1.82, 2.24) is 0 Å². The van der Waals surface area contributed by atoms with Crippen molar-refractivity contribution in [3.05, 3.63) is 56.5 Å². The number of halogens is 3. The molecule has 0 unspecified atom stereocenters. The molecule has 0 aromatic heterocycles. The molecule has 2 aromatic rings. The summed E-state index contributed by atoms with van der Waals surface area (Å²) in [5.41, 5.74) is 0.684. The molecule has 2 nitrogen and oxygen atoms in total. The highest BCUT2D eigenvalue weighted by Crippen LogP contribution is 2.34. The van der Waals surface area contributed by atoms with E-state index in [0.717, 1.165) is 4.47 Å². The Morgan fingerprint density at radius 3 is 2.50 bits per heavy atom. The van der Waals surface area contributed by atoms with E-state index in [1.54, 1.807) is 30.3 Å². The zero-order chi connectivity index (χ0) is 13.1. The van der Waals surface area contributed by atoms with E-state index < -0.39 is 0 Å². The zero-order valence-corrected chi connectivity index (χ0v) is 12.3. The summed E-state index contributed by atoms with van der Waals surface area (Å²) >= 11 is 15.2. The van der Waals surface area contributed by atoms with Crippen LogP contribution in [0.15, 0.2) is 40.9 Å². The standard InChI is InChI=1S/C13H9BrCl2O2/c14-9-2-1-8(7-17)13(5-9)18-12-4-3-10(15)6-11(12)16/h1-6,17H,7H2. The molecule has 0 heterocycles.